The van der Waals surface area contributed by atoms with Gasteiger partial charge < -0.3 is 20.1 Å². The first-order chi connectivity index (χ1) is 13.6. The van der Waals surface area contributed by atoms with Crippen LogP contribution in [0.2, 0.25) is 5.02 Å². The van der Waals surface area contributed by atoms with Gasteiger partial charge in [0.05, 0.1) is 14.2 Å². The van der Waals surface area contributed by atoms with Crippen LogP contribution in [0.25, 0.3) is 0 Å². The van der Waals surface area contributed by atoms with Crippen molar-refractivity contribution in [1.82, 2.24) is 20.7 Å². The predicted molar refractivity (Wildman–Crippen MR) is 107 cm³/mol. The van der Waals surface area contributed by atoms with E-state index in [0.29, 0.717) is 41.0 Å². The molecule has 1 amide bonds. The molecule has 0 saturated heterocycles. The summed E-state index contributed by atoms with van der Waals surface area (Å²) in [7, 11) is 3.17. The van der Waals surface area contributed by atoms with Crippen molar-refractivity contribution in [3.05, 3.63) is 58.7 Å². The number of hydrogen-bond acceptors (Lipinski definition) is 6. The van der Waals surface area contributed by atoms with Crippen LogP contribution in [0.1, 0.15) is 16.1 Å². The molecule has 3 N–H and O–H groups in total. The van der Waals surface area contributed by atoms with Crippen molar-refractivity contribution < 1.29 is 14.3 Å². The van der Waals surface area contributed by atoms with Crippen LogP contribution in [0.5, 0.6) is 11.5 Å². The molecule has 9 heteroatoms. The van der Waals surface area contributed by atoms with Crippen molar-refractivity contribution in [2.75, 3.05) is 26.1 Å². The zero-order valence-electron chi connectivity index (χ0n) is 15.5. The number of aromatic amines is 1. The Morgan fingerprint density at radius 1 is 1.11 bits per heavy atom. The minimum Gasteiger partial charge on any atom is -0.493 e. The molecule has 0 bridgehead atoms. The zero-order valence-corrected chi connectivity index (χ0v) is 16.2. The number of anilines is 2. The van der Waals surface area contributed by atoms with Gasteiger partial charge in [0.1, 0.15) is 0 Å². The molecule has 0 radical (unpaired) electrons. The predicted octanol–water partition coefficient (Wildman–Crippen LogP) is 3.19. The van der Waals surface area contributed by atoms with Gasteiger partial charge in [0.2, 0.25) is 0 Å². The SMILES string of the molecule is COc1ccc(CCNC(=O)c2n[nH]nc2Nc2cccc(Cl)c2)cc1OC. The molecule has 0 spiro atoms. The zero-order chi connectivity index (χ0) is 19.9. The summed E-state index contributed by atoms with van der Waals surface area (Å²) in [6.45, 7) is 0.428. The number of nitrogens with zero attached hydrogens (tertiary/aromatic N) is 2. The Balaban J connectivity index is 1.59. The third kappa shape index (κ3) is 4.72. The van der Waals surface area contributed by atoms with Crippen molar-refractivity contribution in [1.29, 1.82) is 0 Å². The first-order valence-corrected chi connectivity index (χ1v) is 8.91. The molecular weight excluding hydrogens is 382 g/mol. The Kier molecular flexibility index (Phi) is 6.33. The van der Waals surface area contributed by atoms with Gasteiger partial charge in [-0.3, -0.25) is 4.79 Å². The fourth-order valence-electron chi connectivity index (χ4n) is 2.62. The monoisotopic (exact) mass is 401 g/mol. The summed E-state index contributed by atoms with van der Waals surface area (Å²) in [6, 6.07) is 12.8. The summed E-state index contributed by atoms with van der Waals surface area (Å²) in [6.07, 6.45) is 0.626. The molecule has 3 rings (SSSR count). The van der Waals surface area contributed by atoms with E-state index in [-0.39, 0.29) is 11.6 Å². The van der Waals surface area contributed by atoms with Gasteiger partial charge >= 0.3 is 0 Å². The molecule has 0 saturated carbocycles. The highest BCUT2D eigenvalue weighted by molar-refractivity contribution is 6.30. The molecule has 0 atom stereocenters. The average Bonchev–Trinajstić information content (AvgIpc) is 3.16. The molecule has 1 heterocycles. The molecule has 3 aromatic rings. The lowest BCUT2D eigenvalue weighted by Crippen LogP contribution is -2.26. The summed E-state index contributed by atoms with van der Waals surface area (Å²) in [5.74, 6) is 1.30. The van der Waals surface area contributed by atoms with Crippen LogP contribution in [0, 0.1) is 0 Å². The minimum absolute atomic E-state index is 0.173. The lowest BCUT2D eigenvalue weighted by molar-refractivity contribution is 0.0950. The van der Waals surface area contributed by atoms with E-state index in [1.807, 2.05) is 24.3 Å². The summed E-state index contributed by atoms with van der Waals surface area (Å²) >= 11 is 5.97. The Labute approximate surface area is 167 Å². The standard InChI is InChI=1S/C19H20ClN5O3/c1-27-15-7-6-12(10-16(15)28-2)8-9-21-19(26)17-18(24-25-23-17)22-14-5-3-4-13(20)11-14/h3-7,10-11H,8-9H2,1-2H3,(H,21,26)(H2,22,23,24,25). The highest BCUT2D eigenvalue weighted by atomic mass is 35.5. The number of amides is 1. The first-order valence-electron chi connectivity index (χ1n) is 8.53. The van der Waals surface area contributed by atoms with Crippen LogP contribution in [0.3, 0.4) is 0 Å². The van der Waals surface area contributed by atoms with Crippen molar-refractivity contribution >= 4 is 29.0 Å². The Bertz CT molecular complexity index is 960. The second-order valence-corrected chi connectivity index (χ2v) is 6.29. The second-order valence-electron chi connectivity index (χ2n) is 5.85. The van der Waals surface area contributed by atoms with Crippen LogP contribution in [-0.4, -0.2) is 42.1 Å². The molecule has 8 nitrogen and oxygen atoms in total. The number of carbonyl (C=O) groups excluding carboxylic acids is 1. The quantitative estimate of drug-likeness (QED) is 0.536. The summed E-state index contributed by atoms with van der Waals surface area (Å²) in [5, 5.41) is 16.8. The second kappa shape index (κ2) is 9.09. The number of carbonyl (C=O) groups is 1. The van der Waals surface area contributed by atoms with Gasteiger partial charge in [-0.05, 0) is 42.3 Å². The van der Waals surface area contributed by atoms with E-state index in [9.17, 15) is 4.79 Å². The lowest BCUT2D eigenvalue weighted by atomic mass is 10.1. The summed E-state index contributed by atoms with van der Waals surface area (Å²) in [4.78, 5) is 12.5. The first kappa shape index (κ1) is 19.5. The number of benzene rings is 2. The van der Waals surface area contributed by atoms with Crippen molar-refractivity contribution in [2.45, 2.75) is 6.42 Å². The fraction of sp³-hybridized carbons (Fsp3) is 0.211. The van der Waals surface area contributed by atoms with E-state index in [4.69, 9.17) is 21.1 Å². The van der Waals surface area contributed by atoms with Crippen LogP contribution in [0.15, 0.2) is 42.5 Å². The summed E-state index contributed by atoms with van der Waals surface area (Å²) in [5.41, 5.74) is 1.89. The maximum Gasteiger partial charge on any atom is 0.275 e. The number of rotatable bonds is 8. The number of halogens is 1. The van der Waals surface area contributed by atoms with Crippen LogP contribution >= 0.6 is 11.6 Å². The van der Waals surface area contributed by atoms with Crippen molar-refractivity contribution in [2.24, 2.45) is 0 Å². The molecule has 146 valence electrons. The number of hydrogen-bond donors (Lipinski definition) is 3. The van der Waals surface area contributed by atoms with Crippen LogP contribution in [-0.2, 0) is 6.42 Å². The number of methoxy groups -OCH3 is 2. The molecule has 0 aliphatic rings. The van der Waals surface area contributed by atoms with Gasteiger partial charge in [0.25, 0.3) is 5.91 Å². The normalized spacial score (nSPS) is 10.4. The van der Waals surface area contributed by atoms with Crippen molar-refractivity contribution in [3.8, 4) is 11.5 Å². The van der Waals surface area contributed by atoms with Gasteiger partial charge in [-0.2, -0.15) is 5.21 Å². The van der Waals surface area contributed by atoms with Crippen LogP contribution < -0.4 is 20.1 Å². The van der Waals surface area contributed by atoms with Gasteiger partial charge in [0.15, 0.2) is 23.0 Å². The molecular formula is C19H20ClN5O3. The largest absolute Gasteiger partial charge is 0.493 e. The number of ether oxygens (including phenoxy) is 2. The number of H-pyrrole nitrogens is 1. The van der Waals surface area contributed by atoms with Crippen LogP contribution in [0.4, 0.5) is 11.5 Å². The Morgan fingerprint density at radius 2 is 1.93 bits per heavy atom. The van der Waals surface area contributed by atoms with Gasteiger partial charge in [0, 0.05) is 17.3 Å². The maximum atomic E-state index is 12.5. The summed E-state index contributed by atoms with van der Waals surface area (Å²) < 4.78 is 10.5. The van der Waals surface area contributed by atoms with E-state index in [0.717, 1.165) is 5.56 Å². The third-order valence-corrected chi connectivity index (χ3v) is 4.23. The molecule has 0 fully saturated rings. The molecule has 2 aromatic carbocycles. The fourth-order valence-corrected chi connectivity index (χ4v) is 2.81. The maximum absolute atomic E-state index is 12.5. The molecule has 28 heavy (non-hydrogen) atoms. The molecule has 0 aliphatic heterocycles. The smallest absolute Gasteiger partial charge is 0.275 e. The number of aromatic nitrogens is 3. The van der Waals surface area contributed by atoms with Gasteiger partial charge in [-0.15, -0.1) is 10.2 Å². The average molecular weight is 402 g/mol. The van der Waals surface area contributed by atoms with E-state index in [1.54, 1.807) is 32.4 Å². The Hall–Kier alpha value is -3.26. The lowest BCUT2D eigenvalue weighted by Gasteiger charge is -2.10. The topological polar surface area (TPSA) is 101 Å². The van der Waals surface area contributed by atoms with Gasteiger partial charge in [-0.1, -0.05) is 23.7 Å². The highest BCUT2D eigenvalue weighted by Gasteiger charge is 2.16. The molecule has 0 unspecified atom stereocenters. The van der Waals surface area contributed by atoms with Gasteiger partial charge in [-0.25, -0.2) is 0 Å². The molecule has 1 aromatic heterocycles. The van der Waals surface area contributed by atoms with E-state index in [2.05, 4.69) is 26.0 Å². The van der Waals surface area contributed by atoms with E-state index < -0.39 is 0 Å². The van der Waals surface area contributed by atoms with E-state index >= 15 is 0 Å². The highest BCUT2D eigenvalue weighted by Crippen LogP contribution is 2.27. The number of nitrogens with one attached hydrogen (secondary N) is 3. The van der Waals surface area contributed by atoms with E-state index in [1.165, 1.54) is 0 Å². The van der Waals surface area contributed by atoms with Crippen molar-refractivity contribution in [3.63, 3.8) is 0 Å². The third-order valence-electron chi connectivity index (χ3n) is 4.00. The molecule has 0 aliphatic carbocycles. The minimum atomic E-state index is -0.334. The Morgan fingerprint density at radius 3 is 2.68 bits per heavy atom.